The van der Waals surface area contributed by atoms with Crippen molar-refractivity contribution in [3.63, 3.8) is 0 Å². The Morgan fingerprint density at radius 3 is 2.52 bits per heavy atom. The standard InChI is InChI=1S/C20H13ClO4/c1-23-20(22)15-6-3-2-5-13(15)14-7-4-8-17-19(14)25-18-11-12(21)9-10-16(18)24-17/h2-11H,1H3. The largest absolute Gasteiger partial charge is 0.465 e. The maximum absolute atomic E-state index is 12.1. The van der Waals surface area contributed by atoms with Crippen LogP contribution in [-0.2, 0) is 4.74 Å². The number of carbonyl (C=O) groups is 1. The van der Waals surface area contributed by atoms with Crippen LogP contribution in [0, 0.1) is 0 Å². The number of hydrogen-bond donors (Lipinski definition) is 0. The Morgan fingerprint density at radius 2 is 1.68 bits per heavy atom. The molecule has 3 aromatic carbocycles. The molecule has 0 saturated carbocycles. The molecule has 0 bridgehead atoms. The van der Waals surface area contributed by atoms with E-state index in [2.05, 4.69) is 0 Å². The van der Waals surface area contributed by atoms with E-state index in [4.69, 9.17) is 25.8 Å². The van der Waals surface area contributed by atoms with Gasteiger partial charge in [0.2, 0.25) is 0 Å². The summed E-state index contributed by atoms with van der Waals surface area (Å²) in [5.41, 5.74) is 1.91. The molecule has 1 heterocycles. The third-order valence-corrected chi connectivity index (χ3v) is 4.17. The first kappa shape index (κ1) is 15.5. The van der Waals surface area contributed by atoms with Crippen LogP contribution in [0.3, 0.4) is 0 Å². The number of fused-ring (bicyclic) bond motifs is 2. The predicted octanol–water partition coefficient (Wildman–Crippen LogP) is 5.69. The second kappa shape index (κ2) is 6.15. The van der Waals surface area contributed by atoms with Crippen LogP contribution in [0.1, 0.15) is 10.4 Å². The van der Waals surface area contributed by atoms with Crippen molar-refractivity contribution in [3.05, 3.63) is 71.2 Å². The van der Waals surface area contributed by atoms with Crippen LogP contribution in [0.15, 0.2) is 60.7 Å². The second-order valence-corrected chi connectivity index (χ2v) is 5.90. The van der Waals surface area contributed by atoms with Crippen molar-refractivity contribution >= 4 is 17.6 Å². The van der Waals surface area contributed by atoms with Gasteiger partial charge in [0, 0.05) is 22.2 Å². The average Bonchev–Trinajstić information content (AvgIpc) is 2.65. The molecule has 0 spiro atoms. The minimum Gasteiger partial charge on any atom is -0.465 e. The van der Waals surface area contributed by atoms with Crippen LogP contribution >= 0.6 is 11.6 Å². The molecule has 4 nitrogen and oxygen atoms in total. The van der Waals surface area contributed by atoms with E-state index in [-0.39, 0.29) is 0 Å². The Hall–Kier alpha value is -2.98. The molecule has 0 atom stereocenters. The fourth-order valence-electron chi connectivity index (χ4n) is 2.79. The van der Waals surface area contributed by atoms with Crippen LogP contribution < -0.4 is 9.47 Å². The summed E-state index contributed by atoms with van der Waals surface area (Å²) in [4.78, 5) is 12.1. The Bertz CT molecular complexity index is 981. The molecule has 4 rings (SSSR count). The van der Waals surface area contributed by atoms with Crippen molar-refractivity contribution in [1.29, 1.82) is 0 Å². The van der Waals surface area contributed by atoms with Gasteiger partial charge in [0.1, 0.15) is 0 Å². The molecule has 0 amide bonds. The molecule has 124 valence electrons. The van der Waals surface area contributed by atoms with Gasteiger partial charge in [-0.2, -0.15) is 0 Å². The van der Waals surface area contributed by atoms with Crippen LogP contribution in [0.25, 0.3) is 11.1 Å². The monoisotopic (exact) mass is 352 g/mol. The number of para-hydroxylation sites is 1. The highest BCUT2D eigenvalue weighted by atomic mass is 35.5. The summed E-state index contributed by atoms with van der Waals surface area (Å²) in [6.07, 6.45) is 0. The molecule has 0 N–H and O–H groups in total. The Kier molecular flexibility index (Phi) is 3.82. The molecule has 0 unspecified atom stereocenters. The maximum Gasteiger partial charge on any atom is 0.338 e. The Morgan fingerprint density at radius 1 is 0.880 bits per heavy atom. The molecule has 5 heteroatoms. The van der Waals surface area contributed by atoms with Gasteiger partial charge in [-0.05, 0) is 24.3 Å². The Labute approximate surface area is 149 Å². The normalized spacial score (nSPS) is 11.6. The SMILES string of the molecule is COC(=O)c1ccccc1-c1cccc2c1Oc1cc(Cl)ccc1O2. The van der Waals surface area contributed by atoms with E-state index in [1.807, 2.05) is 30.3 Å². The van der Waals surface area contributed by atoms with Crippen molar-refractivity contribution in [2.75, 3.05) is 7.11 Å². The summed E-state index contributed by atoms with van der Waals surface area (Å²) in [5.74, 6) is 1.83. The smallest absolute Gasteiger partial charge is 0.338 e. The second-order valence-electron chi connectivity index (χ2n) is 5.47. The van der Waals surface area contributed by atoms with Crippen molar-refractivity contribution in [2.24, 2.45) is 0 Å². The average molecular weight is 353 g/mol. The molecule has 0 aliphatic carbocycles. The number of ether oxygens (including phenoxy) is 3. The molecule has 0 fully saturated rings. The third-order valence-electron chi connectivity index (χ3n) is 3.94. The fourth-order valence-corrected chi connectivity index (χ4v) is 2.96. The number of carbonyl (C=O) groups excluding carboxylic acids is 1. The number of esters is 1. The zero-order chi connectivity index (χ0) is 17.4. The fraction of sp³-hybridized carbons (Fsp3) is 0.0500. The lowest BCUT2D eigenvalue weighted by Crippen LogP contribution is -2.05. The van der Waals surface area contributed by atoms with E-state index in [1.54, 1.807) is 30.3 Å². The van der Waals surface area contributed by atoms with Gasteiger partial charge in [-0.15, -0.1) is 0 Å². The summed E-state index contributed by atoms with van der Waals surface area (Å²) in [5, 5.41) is 0.554. The summed E-state index contributed by atoms with van der Waals surface area (Å²) in [6.45, 7) is 0. The van der Waals surface area contributed by atoms with E-state index in [0.29, 0.717) is 39.1 Å². The van der Waals surface area contributed by atoms with E-state index >= 15 is 0 Å². The van der Waals surface area contributed by atoms with Gasteiger partial charge in [-0.3, -0.25) is 0 Å². The summed E-state index contributed by atoms with van der Waals surface area (Å²) in [6, 6.07) is 18.0. The number of hydrogen-bond acceptors (Lipinski definition) is 4. The first-order valence-electron chi connectivity index (χ1n) is 7.63. The zero-order valence-corrected chi connectivity index (χ0v) is 14.0. The molecule has 3 aromatic rings. The minimum absolute atomic E-state index is 0.409. The van der Waals surface area contributed by atoms with Gasteiger partial charge in [0.05, 0.1) is 12.7 Å². The first-order valence-corrected chi connectivity index (χ1v) is 8.01. The lowest BCUT2D eigenvalue weighted by atomic mass is 9.98. The zero-order valence-electron chi connectivity index (χ0n) is 13.3. The minimum atomic E-state index is -0.409. The van der Waals surface area contributed by atoms with Gasteiger partial charge in [-0.1, -0.05) is 41.9 Å². The maximum atomic E-state index is 12.1. The summed E-state index contributed by atoms with van der Waals surface area (Å²) >= 11 is 6.05. The van der Waals surface area contributed by atoms with Crippen molar-refractivity contribution in [3.8, 4) is 34.1 Å². The van der Waals surface area contributed by atoms with Crippen LogP contribution in [0.4, 0.5) is 0 Å². The predicted molar refractivity (Wildman–Crippen MR) is 94.8 cm³/mol. The molecule has 25 heavy (non-hydrogen) atoms. The first-order chi connectivity index (χ1) is 12.2. The number of methoxy groups -OCH3 is 1. The summed E-state index contributed by atoms with van der Waals surface area (Å²) < 4.78 is 16.9. The van der Waals surface area contributed by atoms with Crippen molar-refractivity contribution in [2.45, 2.75) is 0 Å². The third kappa shape index (κ3) is 2.71. The van der Waals surface area contributed by atoms with Gasteiger partial charge in [0.15, 0.2) is 23.0 Å². The molecule has 1 aliphatic heterocycles. The van der Waals surface area contributed by atoms with E-state index in [1.165, 1.54) is 7.11 Å². The quantitative estimate of drug-likeness (QED) is 0.434. The lowest BCUT2D eigenvalue weighted by molar-refractivity contribution is 0.0601. The summed E-state index contributed by atoms with van der Waals surface area (Å²) in [7, 11) is 1.36. The molecule has 1 aliphatic rings. The highest BCUT2D eigenvalue weighted by molar-refractivity contribution is 6.30. The molecule has 0 saturated heterocycles. The van der Waals surface area contributed by atoms with Crippen molar-refractivity contribution < 1.29 is 19.0 Å². The highest BCUT2D eigenvalue weighted by Crippen LogP contribution is 2.50. The van der Waals surface area contributed by atoms with Gasteiger partial charge in [-0.25, -0.2) is 4.79 Å². The van der Waals surface area contributed by atoms with E-state index in [0.717, 1.165) is 5.56 Å². The molecular weight excluding hydrogens is 340 g/mol. The van der Waals surface area contributed by atoms with Crippen molar-refractivity contribution in [1.82, 2.24) is 0 Å². The van der Waals surface area contributed by atoms with E-state index < -0.39 is 5.97 Å². The topological polar surface area (TPSA) is 44.8 Å². The van der Waals surface area contributed by atoms with Gasteiger partial charge in [0.25, 0.3) is 0 Å². The number of rotatable bonds is 2. The van der Waals surface area contributed by atoms with Gasteiger partial charge < -0.3 is 14.2 Å². The van der Waals surface area contributed by atoms with Crippen LogP contribution in [-0.4, -0.2) is 13.1 Å². The number of halogens is 1. The lowest BCUT2D eigenvalue weighted by Gasteiger charge is -2.23. The van der Waals surface area contributed by atoms with Crippen LogP contribution in [0.5, 0.6) is 23.0 Å². The van der Waals surface area contributed by atoms with Crippen LogP contribution in [0.2, 0.25) is 5.02 Å². The molecule has 0 aromatic heterocycles. The molecule has 0 radical (unpaired) electrons. The Balaban J connectivity index is 1.87. The van der Waals surface area contributed by atoms with E-state index in [9.17, 15) is 4.79 Å². The number of benzene rings is 3. The van der Waals surface area contributed by atoms with Gasteiger partial charge >= 0.3 is 5.97 Å². The molecular formula is C20H13ClO4. The highest BCUT2D eigenvalue weighted by Gasteiger charge is 2.24.